The molecule has 1 aromatic carbocycles. The Morgan fingerprint density at radius 3 is 2.54 bits per heavy atom. The van der Waals surface area contributed by atoms with E-state index in [0.717, 1.165) is 21.1 Å². The van der Waals surface area contributed by atoms with Gasteiger partial charge in [0.25, 0.3) is 5.91 Å². The third kappa shape index (κ3) is 3.57. The number of amides is 1. The first-order chi connectivity index (χ1) is 12.2. The number of carbonyl (C=O) groups excluding carboxylic acids is 1. The molecule has 0 radical (unpaired) electrons. The van der Waals surface area contributed by atoms with Crippen molar-refractivity contribution >= 4 is 44.8 Å². The lowest BCUT2D eigenvalue weighted by Crippen LogP contribution is -2.17. The second-order valence-electron chi connectivity index (χ2n) is 5.49. The number of pyridine rings is 1. The molecule has 0 bridgehead atoms. The van der Waals surface area contributed by atoms with Gasteiger partial charge in [0.15, 0.2) is 5.65 Å². The third-order valence-electron chi connectivity index (χ3n) is 3.73. The summed E-state index contributed by atoms with van der Waals surface area (Å²) in [7, 11) is 0. The van der Waals surface area contributed by atoms with E-state index in [0.29, 0.717) is 17.8 Å². The molecule has 0 aliphatic heterocycles. The van der Waals surface area contributed by atoms with Gasteiger partial charge in [0.2, 0.25) is 0 Å². The van der Waals surface area contributed by atoms with Gasteiger partial charge in [-0.2, -0.15) is 13.2 Å². The molecule has 9 heteroatoms. The number of hydrogen-bond donors (Lipinski definition) is 1. The number of nitrogens with one attached hydrogen (secondary N) is 1. The zero-order valence-electron chi connectivity index (χ0n) is 13.4. The summed E-state index contributed by atoms with van der Waals surface area (Å²) < 4.78 is 41.2. The highest BCUT2D eigenvalue weighted by atomic mass is 79.9. The zero-order chi connectivity index (χ0) is 19.1. The van der Waals surface area contributed by atoms with Crippen LogP contribution in [0, 0.1) is 0 Å². The maximum absolute atomic E-state index is 13.1. The standard InChI is InChI=1S/C17H12BrClF3N3O/c1-2-13-14(16(26)23-11-5-3-10(18)4-6-11)25-8-9(17(20,21)22)7-12(19)15(25)24-13/h3-8H,2H2,1H3,(H,23,26). The van der Waals surface area contributed by atoms with Crippen LogP contribution in [0.4, 0.5) is 18.9 Å². The smallest absolute Gasteiger partial charge is 0.321 e. The van der Waals surface area contributed by atoms with Gasteiger partial charge in [-0.15, -0.1) is 0 Å². The fourth-order valence-corrected chi connectivity index (χ4v) is 3.03. The van der Waals surface area contributed by atoms with Crippen LogP contribution in [0.5, 0.6) is 0 Å². The minimum atomic E-state index is -4.59. The molecule has 26 heavy (non-hydrogen) atoms. The van der Waals surface area contributed by atoms with Gasteiger partial charge in [-0.05, 0) is 36.8 Å². The van der Waals surface area contributed by atoms with E-state index in [2.05, 4.69) is 26.2 Å². The van der Waals surface area contributed by atoms with E-state index in [4.69, 9.17) is 11.6 Å². The summed E-state index contributed by atoms with van der Waals surface area (Å²) in [5, 5.41) is 2.50. The van der Waals surface area contributed by atoms with Crippen LogP contribution in [-0.4, -0.2) is 15.3 Å². The Bertz CT molecular complexity index is 984. The first kappa shape index (κ1) is 18.7. The van der Waals surface area contributed by atoms with Crippen molar-refractivity contribution < 1.29 is 18.0 Å². The number of fused-ring (bicyclic) bond motifs is 1. The van der Waals surface area contributed by atoms with Crippen LogP contribution in [0.25, 0.3) is 5.65 Å². The van der Waals surface area contributed by atoms with E-state index in [-0.39, 0.29) is 16.4 Å². The molecular weight excluding hydrogens is 435 g/mol. The third-order valence-corrected chi connectivity index (χ3v) is 4.53. The summed E-state index contributed by atoms with van der Waals surface area (Å²) in [5.41, 5.74) is 0.0535. The Balaban J connectivity index is 2.12. The molecule has 3 rings (SSSR count). The molecule has 0 saturated heterocycles. The number of carbonyl (C=O) groups is 1. The van der Waals surface area contributed by atoms with Crippen molar-refractivity contribution in [2.24, 2.45) is 0 Å². The Hall–Kier alpha value is -2.06. The predicted octanol–water partition coefficient (Wildman–Crippen LogP) is 5.58. The summed E-state index contributed by atoms with van der Waals surface area (Å²) in [6.07, 6.45) is -3.39. The number of nitrogens with zero attached hydrogens (tertiary/aromatic N) is 2. The Labute approximate surface area is 160 Å². The van der Waals surface area contributed by atoms with Crippen LogP contribution >= 0.6 is 27.5 Å². The van der Waals surface area contributed by atoms with Crippen LogP contribution in [0.2, 0.25) is 5.02 Å². The highest BCUT2D eigenvalue weighted by molar-refractivity contribution is 9.10. The summed E-state index contributed by atoms with van der Waals surface area (Å²) >= 11 is 9.26. The van der Waals surface area contributed by atoms with E-state index < -0.39 is 17.6 Å². The minimum Gasteiger partial charge on any atom is -0.321 e. The van der Waals surface area contributed by atoms with E-state index in [9.17, 15) is 18.0 Å². The van der Waals surface area contributed by atoms with Crippen LogP contribution in [0.3, 0.4) is 0 Å². The number of anilines is 1. The van der Waals surface area contributed by atoms with Crippen molar-refractivity contribution in [1.29, 1.82) is 0 Å². The molecule has 0 spiro atoms. The van der Waals surface area contributed by atoms with Gasteiger partial charge < -0.3 is 5.32 Å². The molecule has 0 aliphatic carbocycles. The van der Waals surface area contributed by atoms with Crippen molar-refractivity contribution in [3.63, 3.8) is 0 Å². The molecular formula is C17H12BrClF3N3O. The number of rotatable bonds is 3. The molecule has 1 N–H and O–H groups in total. The predicted molar refractivity (Wildman–Crippen MR) is 96.7 cm³/mol. The topological polar surface area (TPSA) is 46.4 Å². The number of alkyl halides is 3. The normalized spacial score (nSPS) is 11.8. The van der Waals surface area contributed by atoms with E-state index in [1.807, 2.05) is 0 Å². The molecule has 4 nitrogen and oxygen atoms in total. The highest BCUT2D eigenvalue weighted by Gasteiger charge is 2.33. The SMILES string of the molecule is CCc1nc2c(Cl)cc(C(F)(F)F)cn2c1C(=O)Nc1ccc(Br)cc1. The van der Waals surface area contributed by atoms with Crippen LogP contribution in [-0.2, 0) is 12.6 Å². The molecule has 0 saturated carbocycles. The number of imidazole rings is 1. The van der Waals surface area contributed by atoms with Gasteiger partial charge in [0.05, 0.1) is 16.3 Å². The van der Waals surface area contributed by atoms with Crippen LogP contribution in [0.15, 0.2) is 41.0 Å². The average Bonchev–Trinajstić information content (AvgIpc) is 2.95. The van der Waals surface area contributed by atoms with Gasteiger partial charge in [-0.3, -0.25) is 9.20 Å². The Kier molecular flexibility index (Phi) is 4.98. The lowest BCUT2D eigenvalue weighted by atomic mass is 10.2. The van der Waals surface area contributed by atoms with Crippen molar-refractivity contribution in [3.8, 4) is 0 Å². The summed E-state index contributed by atoms with van der Waals surface area (Å²) in [6, 6.07) is 7.63. The number of benzene rings is 1. The average molecular weight is 447 g/mol. The molecule has 136 valence electrons. The van der Waals surface area contributed by atoms with Gasteiger partial charge in [0, 0.05) is 16.4 Å². The number of hydrogen-bond acceptors (Lipinski definition) is 2. The van der Waals surface area contributed by atoms with E-state index in [1.54, 1.807) is 31.2 Å². The lowest BCUT2D eigenvalue weighted by molar-refractivity contribution is -0.137. The van der Waals surface area contributed by atoms with Gasteiger partial charge in [-0.1, -0.05) is 34.5 Å². The van der Waals surface area contributed by atoms with Crippen molar-refractivity contribution in [2.45, 2.75) is 19.5 Å². The first-order valence-electron chi connectivity index (χ1n) is 7.55. The molecule has 0 unspecified atom stereocenters. The maximum atomic E-state index is 13.1. The fraction of sp³-hybridized carbons (Fsp3) is 0.176. The zero-order valence-corrected chi connectivity index (χ0v) is 15.7. The van der Waals surface area contributed by atoms with Gasteiger partial charge in [0.1, 0.15) is 5.69 Å². The molecule has 1 amide bonds. The lowest BCUT2D eigenvalue weighted by Gasteiger charge is -2.10. The molecule has 0 fully saturated rings. The largest absolute Gasteiger partial charge is 0.417 e. The molecule has 3 aromatic rings. The number of halogens is 5. The fourth-order valence-electron chi connectivity index (χ4n) is 2.52. The first-order valence-corrected chi connectivity index (χ1v) is 8.72. The second kappa shape index (κ2) is 6.92. The van der Waals surface area contributed by atoms with Crippen molar-refractivity contribution in [3.05, 3.63) is 63.0 Å². The van der Waals surface area contributed by atoms with Crippen molar-refractivity contribution in [1.82, 2.24) is 9.38 Å². The van der Waals surface area contributed by atoms with Crippen molar-refractivity contribution in [2.75, 3.05) is 5.32 Å². The molecule has 2 aromatic heterocycles. The molecule has 0 atom stereocenters. The minimum absolute atomic E-state index is 0.0263. The quantitative estimate of drug-likeness (QED) is 0.571. The molecule has 2 heterocycles. The van der Waals surface area contributed by atoms with Crippen LogP contribution < -0.4 is 5.32 Å². The molecule has 0 aliphatic rings. The van der Waals surface area contributed by atoms with Gasteiger partial charge in [-0.25, -0.2) is 4.98 Å². The highest BCUT2D eigenvalue weighted by Crippen LogP contribution is 2.33. The Morgan fingerprint density at radius 2 is 1.96 bits per heavy atom. The summed E-state index contributed by atoms with van der Waals surface area (Å²) in [5.74, 6) is -0.563. The summed E-state index contributed by atoms with van der Waals surface area (Å²) in [6.45, 7) is 1.76. The van der Waals surface area contributed by atoms with E-state index >= 15 is 0 Å². The van der Waals surface area contributed by atoms with Crippen LogP contribution in [0.1, 0.15) is 28.7 Å². The summed E-state index contributed by atoms with van der Waals surface area (Å²) in [4.78, 5) is 16.9. The number of aryl methyl sites for hydroxylation is 1. The van der Waals surface area contributed by atoms with Gasteiger partial charge >= 0.3 is 6.18 Å². The maximum Gasteiger partial charge on any atom is 0.417 e. The second-order valence-corrected chi connectivity index (χ2v) is 6.81. The Morgan fingerprint density at radius 1 is 1.31 bits per heavy atom. The number of aromatic nitrogens is 2. The van der Waals surface area contributed by atoms with E-state index in [1.165, 1.54) is 0 Å². The monoisotopic (exact) mass is 445 g/mol.